The molecule has 1 heterocycles. The molecule has 6 heteroatoms. The summed E-state index contributed by atoms with van der Waals surface area (Å²) in [6.45, 7) is 1.88. The molecule has 0 saturated heterocycles. The fourth-order valence-electron chi connectivity index (χ4n) is 3.22. The third-order valence-corrected chi connectivity index (χ3v) is 5.52. The first-order valence-electron chi connectivity index (χ1n) is 9.50. The van der Waals surface area contributed by atoms with E-state index in [0.29, 0.717) is 32.6 Å². The van der Waals surface area contributed by atoms with E-state index in [0.717, 1.165) is 11.1 Å². The van der Waals surface area contributed by atoms with Gasteiger partial charge in [0.05, 0.1) is 5.69 Å². The minimum atomic E-state index is -0.477. The summed E-state index contributed by atoms with van der Waals surface area (Å²) < 4.78 is 5.77. The first-order chi connectivity index (χ1) is 14.9. The van der Waals surface area contributed by atoms with Crippen LogP contribution in [0.15, 0.2) is 83.3 Å². The topological polar surface area (TPSA) is 59.3 Å². The smallest absolute Gasteiger partial charge is 0.291 e. The van der Waals surface area contributed by atoms with Crippen LogP contribution in [0.5, 0.6) is 0 Å². The molecule has 3 aromatic carbocycles. The molecule has 0 atom stereocenters. The van der Waals surface area contributed by atoms with Gasteiger partial charge in [0, 0.05) is 26.7 Å². The molecule has 0 aliphatic carbocycles. The van der Waals surface area contributed by atoms with E-state index in [-0.39, 0.29) is 11.5 Å². The molecule has 1 N–H and O–H groups in total. The highest BCUT2D eigenvalue weighted by Crippen LogP contribution is 2.30. The highest BCUT2D eigenvalue weighted by Gasteiger charge is 2.19. The maximum Gasteiger partial charge on any atom is 0.291 e. The minimum absolute atomic E-state index is 0.113. The van der Waals surface area contributed by atoms with Gasteiger partial charge in [0.2, 0.25) is 0 Å². The highest BCUT2D eigenvalue weighted by atomic mass is 35.5. The number of anilines is 1. The van der Waals surface area contributed by atoms with Gasteiger partial charge in [0.15, 0.2) is 11.5 Å². The molecule has 0 radical (unpaired) electrons. The van der Waals surface area contributed by atoms with Gasteiger partial charge < -0.3 is 9.73 Å². The monoisotopic (exact) mass is 449 g/mol. The van der Waals surface area contributed by atoms with Crippen LogP contribution in [0.3, 0.4) is 0 Å². The van der Waals surface area contributed by atoms with Gasteiger partial charge in [0.1, 0.15) is 5.76 Å². The normalized spacial score (nSPS) is 10.7. The van der Waals surface area contributed by atoms with Crippen molar-refractivity contribution in [2.45, 2.75) is 6.92 Å². The minimum Gasteiger partial charge on any atom is -0.451 e. The van der Waals surface area contributed by atoms with E-state index in [2.05, 4.69) is 5.32 Å². The summed E-state index contributed by atoms with van der Waals surface area (Å²) in [5.74, 6) is -0.0762. The molecule has 0 saturated carbocycles. The van der Waals surface area contributed by atoms with E-state index in [1.807, 2.05) is 25.1 Å². The lowest BCUT2D eigenvalue weighted by atomic mass is 10.0. The van der Waals surface area contributed by atoms with Gasteiger partial charge in [-0.15, -0.1) is 0 Å². The number of halogens is 2. The third-order valence-electron chi connectivity index (χ3n) is 4.87. The summed E-state index contributed by atoms with van der Waals surface area (Å²) in [6.07, 6.45) is 0. The zero-order chi connectivity index (χ0) is 22.0. The lowest BCUT2D eigenvalue weighted by Crippen LogP contribution is -2.14. The van der Waals surface area contributed by atoms with Gasteiger partial charge in [-0.25, -0.2) is 0 Å². The van der Waals surface area contributed by atoms with E-state index in [1.54, 1.807) is 54.6 Å². The second-order valence-electron chi connectivity index (χ2n) is 6.92. The predicted molar refractivity (Wildman–Crippen MR) is 123 cm³/mol. The molecule has 1 aromatic heterocycles. The summed E-state index contributed by atoms with van der Waals surface area (Å²) in [6, 6.07) is 22.3. The lowest BCUT2D eigenvalue weighted by molar-refractivity contribution is 0.0997. The van der Waals surface area contributed by atoms with E-state index in [1.165, 1.54) is 6.07 Å². The number of benzene rings is 3. The maximum atomic E-state index is 12.9. The van der Waals surface area contributed by atoms with Crippen LogP contribution >= 0.6 is 23.2 Å². The summed E-state index contributed by atoms with van der Waals surface area (Å²) in [5, 5.41) is 3.77. The Bertz CT molecular complexity index is 1280. The number of amides is 1. The van der Waals surface area contributed by atoms with Crippen molar-refractivity contribution in [3.05, 3.63) is 111 Å². The van der Waals surface area contributed by atoms with Crippen molar-refractivity contribution >= 4 is 40.6 Å². The summed E-state index contributed by atoms with van der Waals surface area (Å²) >= 11 is 12.3. The number of nitrogens with one attached hydrogen (secondary N) is 1. The van der Waals surface area contributed by atoms with Crippen LogP contribution in [0.4, 0.5) is 5.69 Å². The number of rotatable bonds is 5. The Labute approximate surface area is 189 Å². The molecule has 1 amide bonds. The number of hydrogen-bond acceptors (Lipinski definition) is 3. The van der Waals surface area contributed by atoms with Crippen molar-refractivity contribution < 1.29 is 14.0 Å². The van der Waals surface area contributed by atoms with Gasteiger partial charge in [-0.1, -0.05) is 65.7 Å². The number of ketones is 1. The summed E-state index contributed by atoms with van der Waals surface area (Å²) in [7, 11) is 0. The van der Waals surface area contributed by atoms with Crippen molar-refractivity contribution in [2.24, 2.45) is 0 Å². The molecule has 4 nitrogen and oxygen atoms in total. The Morgan fingerprint density at radius 1 is 0.871 bits per heavy atom. The quantitative estimate of drug-likeness (QED) is 0.332. The van der Waals surface area contributed by atoms with Gasteiger partial charge in [-0.3, -0.25) is 9.59 Å². The van der Waals surface area contributed by atoms with Crippen molar-refractivity contribution in [1.82, 2.24) is 0 Å². The second-order valence-corrected chi connectivity index (χ2v) is 7.76. The molecule has 154 valence electrons. The van der Waals surface area contributed by atoms with E-state index < -0.39 is 5.91 Å². The Hall–Kier alpha value is -3.34. The van der Waals surface area contributed by atoms with E-state index in [9.17, 15) is 9.59 Å². The van der Waals surface area contributed by atoms with Crippen molar-refractivity contribution in [2.75, 3.05) is 5.32 Å². The summed E-state index contributed by atoms with van der Waals surface area (Å²) in [4.78, 5) is 25.8. The Kier molecular flexibility index (Phi) is 5.94. The molecule has 0 aliphatic rings. The molecule has 0 fully saturated rings. The maximum absolute atomic E-state index is 12.9. The molecular formula is C25H17Cl2NO3. The van der Waals surface area contributed by atoms with Gasteiger partial charge in [0.25, 0.3) is 5.91 Å². The summed E-state index contributed by atoms with van der Waals surface area (Å²) in [5.41, 5.74) is 2.80. The van der Waals surface area contributed by atoms with Crippen LogP contribution in [-0.2, 0) is 0 Å². The number of furan rings is 1. The zero-order valence-electron chi connectivity index (χ0n) is 16.5. The first kappa shape index (κ1) is 20.9. The lowest BCUT2D eigenvalue weighted by Gasteiger charge is -2.10. The molecule has 0 aliphatic heterocycles. The highest BCUT2D eigenvalue weighted by molar-refractivity contribution is 6.32. The standard InChI is InChI=1S/C25H17Cl2NO3/c1-15-18(8-5-9-20(15)27)22-12-13-23(31-22)25(30)28-21-11-10-17(26)14-19(21)24(29)16-6-3-2-4-7-16/h2-14H,1H3,(H,28,30). The molecular weight excluding hydrogens is 433 g/mol. The Morgan fingerprint density at radius 3 is 2.42 bits per heavy atom. The van der Waals surface area contributed by atoms with Crippen molar-refractivity contribution in [3.8, 4) is 11.3 Å². The molecule has 0 spiro atoms. The predicted octanol–water partition coefficient (Wildman–Crippen LogP) is 7.05. The fourth-order valence-corrected chi connectivity index (χ4v) is 3.57. The molecule has 31 heavy (non-hydrogen) atoms. The van der Waals surface area contributed by atoms with Crippen LogP contribution in [0.2, 0.25) is 10.0 Å². The Balaban J connectivity index is 1.62. The van der Waals surface area contributed by atoms with E-state index >= 15 is 0 Å². The molecule has 4 rings (SSSR count). The van der Waals surface area contributed by atoms with E-state index in [4.69, 9.17) is 27.6 Å². The number of carbonyl (C=O) groups excluding carboxylic acids is 2. The largest absolute Gasteiger partial charge is 0.451 e. The fraction of sp³-hybridized carbons (Fsp3) is 0.0400. The van der Waals surface area contributed by atoms with Gasteiger partial charge in [-0.2, -0.15) is 0 Å². The van der Waals surface area contributed by atoms with Crippen LogP contribution in [0, 0.1) is 6.92 Å². The zero-order valence-corrected chi connectivity index (χ0v) is 18.0. The van der Waals surface area contributed by atoms with Crippen molar-refractivity contribution in [1.29, 1.82) is 0 Å². The van der Waals surface area contributed by atoms with Crippen molar-refractivity contribution in [3.63, 3.8) is 0 Å². The third kappa shape index (κ3) is 4.41. The van der Waals surface area contributed by atoms with Gasteiger partial charge >= 0.3 is 0 Å². The average Bonchev–Trinajstić information content (AvgIpc) is 3.27. The average molecular weight is 450 g/mol. The number of hydrogen-bond donors (Lipinski definition) is 1. The first-order valence-corrected chi connectivity index (χ1v) is 10.3. The molecule has 4 aromatic rings. The van der Waals surface area contributed by atoms with Crippen LogP contribution in [-0.4, -0.2) is 11.7 Å². The van der Waals surface area contributed by atoms with Gasteiger partial charge in [-0.05, 0) is 48.9 Å². The SMILES string of the molecule is Cc1c(Cl)cccc1-c1ccc(C(=O)Nc2ccc(Cl)cc2C(=O)c2ccccc2)o1. The van der Waals surface area contributed by atoms with Crippen LogP contribution < -0.4 is 5.32 Å². The molecule has 0 bridgehead atoms. The second kappa shape index (κ2) is 8.80. The molecule has 0 unspecified atom stereocenters. The Morgan fingerprint density at radius 2 is 1.65 bits per heavy atom. The number of carbonyl (C=O) groups is 2. The van der Waals surface area contributed by atoms with Crippen LogP contribution in [0.1, 0.15) is 32.0 Å². The van der Waals surface area contributed by atoms with Crippen LogP contribution in [0.25, 0.3) is 11.3 Å².